The van der Waals surface area contributed by atoms with Crippen molar-refractivity contribution < 1.29 is 22.7 Å². The van der Waals surface area contributed by atoms with Gasteiger partial charge >= 0.3 is 6.36 Å². The monoisotopic (exact) mass is 391 g/mol. The Bertz CT molecular complexity index is 1030. The Morgan fingerprint density at radius 3 is 2.54 bits per heavy atom. The number of nitrogens with one attached hydrogen (secondary N) is 1. The van der Waals surface area contributed by atoms with Crippen molar-refractivity contribution in [1.29, 1.82) is 0 Å². The molecule has 2 aromatic carbocycles. The summed E-state index contributed by atoms with van der Waals surface area (Å²) in [7, 11) is 0. The Morgan fingerprint density at radius 1 is 1.11 bits per heavy atom. The molecule has 0 fully saturated rings. The van der Waals surface area contributed by atoms with Gasteiger partial charge in [0.25, 0.3) is 5.56 Å². The van der Waals surface area contributed by atoms with Crippen LogP contribution in [0, 0.1) is 0 Å². The van der Waals surface area contributed by atoms with Crippen LogP contribution in [0.1, 0.15) is 12.0 Å². The molecular formula is C19H16F3N3O3. The minimum atomic E-state index is -4.74. The van der Waals surface area contributed by atoms with E-state index in [4.69, 9.17) is 0 Å². The maximum absolute atomic E-state index is 12.4. The first-order chi connectivity index (χ1) is 13.3. The third-order valence-electron chi connectivity index (χ3n) is 3.96. The van der Waals surface area contributed by atoms with Crippen LogP contribution in [0.25, 0.3) is 10.9 Å². The molecule has 0 aliphatic rings. The molecule has 1 N–H and O–H groups in total. The van der Waals surface area contributed by atoms with Crippen LogP contribution in [0.5, 0.6) is 5.75 Å². The summed E-state index contributed by atoms with van der Waals surface area (Å²) in [6.07, 6.45) is -3.28. The van der Waals surface area contributed by atoms with E-state index in [0.717, 1.165) is 0 Å². The number of rotatable bonds is 6. The predicted molar refractivity (Wildman–Crippen MR) is 95.6 cm³/mol. The number of aryl methyl sites for hydroxylation is 1. The fourth-order valence-electron chi connectivity index (χ4n) is 2.59. The third kappa shape index (κ3) is 5.09. The summed E-state index contributed by atoms with van der Waals surface area (Å²) >= 11 is 0. The molecule has 3 aromatic rings. The quantitative estimate of drug-likeness (QED) is 0.701. The van der Waals surface area contributed by atoms with E-state index < -0.39 is 6.36 Å². The highest BCUT2D eigenvalue weighted by molar-refractivity contribution is 5.77. The molecule has 0 spiro atoms. The van der Waals surface area contributed by atoms with Gasteiger partial charge in [-0.2, -0.15) is 0 Å². The molecule has 28 heavy (non-hydrogen) atoms. The molecule has 6 nitrogen and oxygen atoms in total. The Labute approximate surface area is 157 Å². The zero-order valence-electron chi connectivity index (χ0n) is 14.6. The van der Waals surface area contributed by atoms with Crippen molar-refractivity contribution >= 4 is 16.8 Å². The summed E-state index contributed by atoms with van der Waals surface area (Å²) in [6, 6.07) is 12.1. The van der Waals surface area contributed by atoms with Gasteiger partial charge in [0.1, 0.15) is 5.75 Å². The van der Waals surface area contributed by atoms with E-state index in [1.165, 1.54) is 35.2 Å². The first-order valence-corrected chi connectivity index (χ1v) is 8.37. The van der Waals surface area contributed by atoms with Gasteiger partial charge in [-0.1, -0.05) is 24.3 Å². The number of aromatic nitrogens is 2. The van der Waals surface area contributed by atoms with E-state index in [1.807, 2.05) is 0 Å². The van der Waals surface area contributed by atoms with Crippen LogP contribution >= 0.6 is 0 Å². The number of halogens is 3. The lowest BCUT2D eigenvalue weighted by Crippen LogP contribution is -2.27. The molecular weight excluding hydrogens is 375 g/mol. The number of ether oxygens (including phenoxy) is 1. The SMILES string of the molecule is O=C(CCn1cnc2ccccc2c1=O)NCc1ccc(OC(F)(F)F)cc1. The van der Waals surface area contributed by atoms with Gasteiger partial charge < -0.3 is 10.1 Å². The minimum absolute atomic E-state index is 0.0647. The van der Waals surface area contributed by atoms with E-state index in [9.17, 15) is 22.8 Å². The normalized spacial score (nSPS) is 11.4. The molecule has 1 amide bonds. The number of hydrogen-bond acceptors (Lipinski definition) is 4. The third-order valence-corrected chi connectivity index (χ3v) is 3.96. The highest BCUT2D eigenvalue weighted by atomic mass is 19.4. The molecule has 0 aliphatic carbocycles. The number of carbonyl (C=O) groups excluding carboxylic acids is 1. The molecule has 0 radical (unpaired) electrons. The van der Waals surface area contributed by atoms with Gasteiger partial charge in [0.15, 0.2) is 0 Å². The average molecular weight is 391 g/mol. The van der Waals surface area contributed by atoms with Crippen molar-refractivity contribution in [3.8, 4) is 5.75 Å². The van der Waals surface area contributed by atoms with Crippen molar-refractivity contribution in [2.24, 2.45) is 0 Å². The zero-order chi connectivity index (χ0) is 20.1. The van der Waals surface area contributed by atoms with Crippen LogP contribution in [0.3, 0.4) is 0 Å². The molecule has 0 saturated heterocycles. The lowest BCUT2D eigenvalue weighted by Gasteiger charge is -2.10. The van der Waals surface area contributed by atoms with Crippen molar-refractivity contribution in [1.82, 2.24) is 14.9 Å². The molecule has 0 bridgehead atoms. The molecule has 0 unspecified atom stereocenters. The number of nitrogens with zero attached hydrogens (tertiary/aromatic N) is 2. The van der Waals surface area contributed by atoms with Gasteiger partial charge in [-0.05, 0) is 29.8 Å². The van der Waals surface area contributed by atoms with Gasteiger partial charge in [-0.3, -0.25) is 14.2 Å². The Kier molecular flexibility index (Phi) is 5.62. The highest BCUT2D eigenvalue weighted by Crippen LogP contribution is 2.22. The van der Waals surface area contributed by atoms with Gasteiger partial charge in [-0.15, -0.1) is 13.2 Å². The summed E-state index contributed by atoms with van der Waals surface area (Å²) in [6.45, 7) is 0.316. The Morgan fingerprint density at radius 2 is 1.82 bits per heavy atom. The largest absolute Gasteiger partial charge is 0.573 e. The lowest BCUT2D eigenvalue weighted by atomic mass is 10.2. The van der Waals surface area contributed by atoms with Gasteiger partial charge in [0.05, 0.1) is 17.2 Å². The fourth-order valence-corrected chi connectivity index (χ4v) is 2.59. The van der Waals surface area contributed by atoms with Gasteiger partial charge in [0.2, 0.25) is 5.91 Å². The topological polar surface area (TPSA) is 73.2 Å². The van der Waals surface area contributed by atoms with Crippen LogP contribution in [-0.2, 0) is 17.9 Å². The second-order valence-corrected chi connectivity index (χ2v) is 5.98. The number of amides is 1. The molecule has 1 aromatic heterocycles. The predicted octanol–water partition coefficient (Wildman–Crippen LogP) is 3.00. The summed E-state index contributed by atoms with van der Waals surface area (Å²) in [4.78, 5) is 28.5. The van der Waals surface area contributed by atoms with Crippen LogP contribution in [0.2, 0.25) is 0 Å². The van der Waals surface area contributed by atoms with Crippen molar-refractivity contribution in [3.63, 3.8) is 0 Å². The maximum Gasteiger partial charge on any atom is 0.573 e. The molecule has 9 heteroatoms. The van der Waals surface area contributed by atoms with E-state index in [0.29, 0.717) is 16.5 Å². The molecule has 0 saturated carbocycles. The Hall–Kier alpha value is -3.36. The number of fused-ring (bicyclic) bond motifs is 1. The number of benzene rings is 2. The zero-order valence-corrected chi connectivity index (χ0v) is 14.6. The van der Waals surface area contributed by atoms with E-state index in [1.54, 1.807) is 24.3 Å². The van der Waals surface area contributed by atoms with Crippen molar-refractivity contribution in [2.75, 3.05) is 0 Å². The number of carbonyl (C=O) groups is 1. The smallest absolute Gasteiger partial charge is 0.406 e. The van der Waals surface area contributed by atoms with Gasteiger partial charge in [-0.25, -0.2) is 4.98 Å². The number of para-hydroxylation sites is 1. The molecule has 0 aliphatic heterocycles. The molecule has 1 heterocycles. The van der Waals surface area contributed by atoms with E-state index in [-0.39, 0.29) is 36.7 Å². The minimum Gasteiger partial charge on any atom is -0.406 e. The van der Waals surface area contributed by atoms with E-state index >= 15 is 0 Å². The number of hydrogen-bond donors (Lipinski definition) is 1. The summed E-state index contributed by atoms with van der Waals surface area (Å²) in [5, 5.41) is 3.13. The number of alkyl halides is 3. The fraction of sp³-hybridized carbons (Fsp3) is 0.211. The van der Waals surface area contributed by atoms with Crippen molar-refractivity contribution in [3.05, 3.63) is 70.8 Å². The van der Waals surface area contributed by atoms with Gasteiger partial charge in [0, 0.05) is 19.5 Å². The van der Waals surface area contributed by atoms with E-state index in [2.05, 4.69) is 15.0 Å². The van der Waals surface area contributed by atoms with Crippen LogP contribution in [0.15, 0.2) is 59.7 Å². The molecule has 146 valence electrons. The lowest BCUT2D eigenvalue weighted by molar-refractivity contribution is -0.274. The highest BCUT2D eigenvalue weighted by Gasteiger charge is 2.30. The summed E-state index contributed by atoms with van der Waals surface area (Å²) in [5.74, 6) is -0.624. The van der Waals surface area contributed by atoms with Crippen molar-refractivity contribution in [2.45, 2.75) is 25.9 Å². The first-order valence-electron chi connectivity index (χ1n) is 8.37. The average Bonchev–Trinajstić information content (AvgIpc) is 2.66. The van der Waals surface area contributed by atoms with Crippen LogP contribution in [-0.4, -0.2) is 21.8 Å². The molecule has 0 atom stereocenters. The Balaban J connectivity index is 1.52. The van der Waals surface area contributed by atoms with Crippen LogP contribution < -0.4 is 15.6 Å². The molecule has 3 rings (SSSR count). The second kappa shape index (κ2) is 8.12. The van der Waals surface area contributed by atoms with Crippen LogP contribution in [0.4, 0.5) is 13.2 Å². The summed E-state index contributed by atoms with van der Waals surface area (Å²) < 4.78 is 41.5. The summed E-state index contributed by atoms with van der Waals surface area (Å²) in [5.41, 5.74) is 0.984. The second-order valence-electron chi connectivity index (χ2n) is 5.98. The maximum atomic E-state index is 12.4. The standard InChI is InChI=1S/C19H16F3N3O3/c20-19(21,22)28-14-7-5-13(6-8-14)11-23-17(26)9-10-25-12-24-16-4-2-1-3-15(16)18(25)27/h1-8,12H,9-11H2,(H,23,26). The first kappa shape index (κ1) is 19.4.